The van der Waals surface area contributed by atoms with E-state index in [1.54, 1.807) is 28.4 Å². The molecule has 0 atom stereocenters. The van der Waals surface area contributed by atoms with Crippen LogP contribution in [-0.2, 0) is 19.5 Å². The smallest absolute Gasteiger partial charge is 0.318 e. The van der Waals surface area contributed by atoms with Crippen LogP contribution in [0.1, 0.15) is 26.0 Å². The molecule has 1 aliphatic rings. The minimum Gasteiger partial charge on any atom is -0.459 e. The standard InChI is InChI=1S/C17H16N4O3S2/c22-15(13-4-1-7-24-13)20-16-19-12-5-6-21(10-14(12)26-16)17(23)18-9-11-3-2-8-25-11/h1-4,7-8H,5-6,9-10H2,(H,18,23)(H,19,20,22). The van der Waals surface area contributed by atoms with E-state index in [1.165, 1.54) is 17.6 Å². The first-order valence-electron chi connectivity index (χ1n) is 8.07. The number of rotatable bonds is 4. The molecule has 4 heterocycles. The van der Waals surface area contributed by atoms with Crippen molar-refractivity contribution in [2.45, 2.75) is 19.5 Å². The van der Waals surface area contributed by atoms with Gasteiger partial charge in [0.1, 0.15) is 0 Å². The highest BCUT2D eigenvalue weighted by Crippen LogP contribution is 2.28. The number of urea groups is 1. The lowest BCUT2D eigenvalue weighted by molar-refractivity contribution is 0.0996. The van der Waals surface area contributed by atoms with Crippen LogP contribution in [0, 0.1) is 0 Å². The van der Waals surface area contributed by atoms with Gasteiger partial charge in [0.15, 0.2) is 10.9 Å². The molecule has 1 aliphatic heterocycles. The molecule has 3 aromatic heterocycles. The van der Waals surface area contributed by atoms with E-state index in [9.17, 15) is 9.59 Å². The quantitative estimate of drug-likeness (QED) is 0.718. The summed E-state index contributed by atoms with van der Waals surface area (Å²) in [4.78, 5) is 32.8. The fourth-order valence-corrected chi connectivity index (χ4v) is 4.34. The number of nitrogens with one attached hydrogen (secondary N) is 2. The molecule has 4 rings (SSSR count). The zero-order valence-electron chi connectivity index (χ0n) is 13.7. The van der Waals surface area contributed by atoms with Gasteiger partial charge in [-0.1, -0.05) is 17.4 Å². The Labute approximate surface area is 157 Å². The molecule has 0 fully saturated rings. The van der Waals surface area contributed by atoms with Crippen LogP contribution >= 0.6 is 22.7 Å². The lowest BCUT2D eigenvalue weighted by atomic mass is 10.2. The van der Waals surface area contributed by atoms with E-state index in [4.69, 9.17) is 4.42 Å². The number of amides is 3. The molecule has 0 aromatic carbocycles. The lowest BCUT2D eigenvalue weighted by Crippen LogP contribution is -2.42. The highest BCUT2D eigenvalue weighted by atomic mass is 32.1. The summed E-state index contributed by atoms with van der Waals surface area (Å²) in [6, 6.07) is 7.14. The number of furan rings is 1. The van der Waals surface area contributed by atoms with Crippen molar-refractivity contribution in [3.05, 3.63) is 57.1 Å². The summed E-state index contributed by atoms with van der Waals surface area (Å²) in [5, 5.41) is 8.20. The largest absolute Gasteiger partial charge is 0.459 e. The number of hydrogen-bond acceptors (Lipinski definition) is 6. The Hall–Kier alpha value is -2.65. The first-order valence-corrected chi connectivity index (χ1v) is 9.77. The van der Waals surface area contributed by atoms with Crippen molar-refractivity contribution >= 4 is 39.7 Å². The predicted molar refractivity (Wildman–Crippen MR) is 99.4 cm³/mol. The van der Waals surface area contributed by atoms with Crippen molar-refractivity contribution in [3.63, 3.8) is 0 Å². The summed E-state index contributed by atoms with van der Waals surface area (Å²) in [7, 11) is 0. The summed E-state index contributed by atoms with van der Waals surface area (Å²) in [5.41, 5.74) is 0.937. The molecule has 0 aliphatic carbocycles. The number of hydrogen-bond donors (Lipinski definition) is 2. The van der Waals surface area contributed by atoms with Gasteiger partial charge in [0.05, 0.1) is 25.0 Å². The van der Waals surface area contributed by atoms with Gasteiger partial charge in [-0.05, 0) is 23.6 Å². The summed E-state index contributed by atoms with van der Waals surface area (Å²) in [6.07, 6.45) is 2.13. The minimum absolute atomic E-state index is 0.0846. The number of thiophene rings is 1. The van der Waals surface area contributed by atoms with E-state index in [0.717, 1.165) is 15.4 Å². The Kier molecular flexibility index (Phi) is 4.72. The fraction of sp³-hybridized carbons (Fsp3) is 0.235. The third kappa shape index (κ3) is 3.63. The monoisotopic (exact) mass is 388 g/mol. The SMILES string of the molecule is O=C(Nc1nc2c(s1)CN(C(=O)NCc1cccs1)CC2)c1ccco1. The number of thiazole rings is 1. The second-order valence-electron chi connectivity index (χ2n) is 5.73. The van der Waals surface area contributed by atoms with Crippen molar-refractivity contribution in [2.24, 2.45) is 0 Å². The minimum atomic E-state index is -0.327. The molecular formula is C17H16N4O3S2. The third-order valence-electron chi connectivity index (χ3n) is 3.98. The van der Waals surface area contributed by atoms with E-state index in [0.29, 0.717) is 31.2 Å². The Morgan fingerprint density at radius 1 is 1.31 bits per heavy atom. The normalized spacial score (nSPS) is 13.3. The van der Waals surface area contributed by atoms with E-state index in [-0.39, 0.29) is 17.7 Å². The number of fused-ring (bicyclic) bond motifs is 1. The number of anilines is 1. The van der Waals surface area contributed by atoms with Crippen LogP contribution in [0.4, 0.5) is 9.93 Å². The first kappa shape index (κ1) is 16.8. The van der Waals surface area contributed by atoms with Crippen LogP contribution in [0.25, 0.3) is 0 Å². The highest BCUT2D eigenvalue weighted by Gasteiger charge is 2.24. The number of carbonyl (C=O) groups is 2. The molecule has 26 heavy (non-hydrogen) atoms. The molecule has 7 nitrogen and oxygen atoms in total. The number of nitrogens with zero attached hydrogens (tertiary/aromatic N) is 2. The number of aromatic nitrogens is 1. The Morgan fingerprint density at radius 2 is 2.23 bits per heavy atom. The van der Waals surface area contributed by atoms with E-state index < -0.39 is 0 Å². The summed E-state index contributed by atoms with van der Waals surface area (Å²) in [6.45, 7) is 1.64. The van der Waals surface area contributed by atoms with Gasteiger partial charge in [0, 0.05) is 22.7 Å². The maximum Gasteiger partial charge on any atom is 0.318 e. The van der Waals surface area contributed by atoms with Gasteiger partial charge in [0.25, 0.3) is 5.91 Å². The van der Waals surface area contributed by atoms with Gasteiger partial charge >= 0.3 is 6.03 Å². The average Bonchev–Trinajstić information content (AvgIpc) is 3.39. The molecule has 0 bridgehead atoms. The summed E-state index contributed by atoms with van der Waals surface area (Å²) >= 11 is 3.01. The second-order valence-corrected chi connectivity index (χ2v) is 7.85. The molecule has 9 heteroatoms. The molecule has 0 unspecified atom stereocenters. The van der Waals surface area contributed by atoms with Crippen LogP contribution in [-0.4, -0.2) is 28.4 Å². The maximum atomic E-state index is 12.4. The van der Waals surface area contributed by atoms with Crippen LogP contribution in [0.15, 0.2) is 40.3 Å². The van der Waals surface area contributed by atoms with Crippen LogP contribution in [0.3, 0.4) is 0 Å². The highest BCUT2D eigenvalue weighted by molar-refractivity contribution is 7.15. The fourth-order valence-electron chi connectivity index (χ4n) is 2.68. The van der Waals surface area contributed by atoms with Gasteiger partial charge in [-0.2, -0.15) is 0 Å². The molecule has 0 saturated heterocycles. The molecule has 2 N–H and O–H groups in total. The number of carbonyl (C=O) groups excluding carboxylic acids is 2. The zero-order chi connectivity index (χ0) is 17.9. The van der Waals surface area contributed by atoms with E-state index in [1.807, 2.05) is 17.5 Å². The van der Waals surface area contributed by atoms with E-state index >= 15 is 0 Å². The van der Waals surface area contributed by atoms with Gasteiger partial charge < -0.3 is 14.6 Å². The molecule has 3 amide bonds. The molecule has 3 aromatic rings. The van der Waals surface area contributed by atoms with Gasteiger partial charge in [0.2, 0.25) is 0 Å². The second kappa shape index (κ2) is 7.30. The van der Waals surface area contributed by atoms with Crippen molar-refractivity contribution in [1.29, 1.82) is 0 Å². The Morgan fingerprint density at radius 3 is 3.00 bits per heavy atom. The molecular weight excluding hydrogens is 372 g/mol. The van der Waals surface area contributed by atoms with Crippen molar-refractivity contribution < 1.29 is 14.0 Å². The summed E-state index contributed by atoms with van der Waals surface area (Å²) < 4.78 is 5.08. The average molecular weight is 388 g/mol. The van der Waals surface area contributed by atoms with Crippen molar-refractivity contribution in [2.75, 3.05) is 11.9 Å². The first-order chi connectivity index (χ1) is 12.7. The zero-order valence-corrected chi connectivity index (χ0v) is 15.4. The lowest BCUT2D eigenvalue weighted by Gasteiger charge is -2.26. The van der Waals surface area contributed by atoms with Gasteiger partial charge in [-0.25, -0.2) is 9.78 Å². The van der Waals surface area contributed by atoms with E-state index in [2.05, 4.69) is 15.6 Å². The Balaban J connectivity index is 1.37. The van der Waals surface area contributed by atoms with Crippen molar-refractivity contribution in [1.82, 2.24) is 15.2 Å². The topological polar surface area (TPSA) is 87.5 Å². The molecule has 0 spiro atoms. The molecule has 0 saturated carbocycles. The third-order valence-corrected chi connectivity index (χ3v) is 5.85. The van der Waals surface area contributed by atoms with Crippen LogP contribution < -0.4 is 10.6 Å². The van der Waals surface area contributed by atoms with Gasteiger partial charge in [-0.3, -0.25) is 10.1 Å². The summed E-state index contributed by atoms with van der Waals surface area (Å²) in [5.74, 6) is -0.0839. The molecule has 0 radical (unpaired) electrons. The van der Waals surface area contributed by atoms with Crippen LogP contribution in [0.5, 0.6) is 0 Å². The Bertz CT molecular complexity index is 903. The van der Waals surface area contributed by atoms with Crippen molar-refractivity contribution in [3.8, 4) is 0 Å². The maximum absolute atomic E-state index is 12.4. The molecule has 134 valence electrons. The predicted octanol–water partition coefficient (Wildman–Crippen LogP) is 3.32. The van der Waals surface area contributed by atoms with Gasteiger partial charge in [-0.15, -0.1) is 11.3 Å². The van der Waals surface area contributed by atoms with Crippen LogP contribution in [0.2, 0.25) is 0 Å².